The molecule has 2 heterocycles. The number of carbonyl (C=O) groups excluding carboxylic acids is 1. The fourth-order valence-corrected chi connectivity index (χ4v) is 5.71. The lowest BCUT2D eigenvalue weighted by Crippen LogP contribution is -2.29. The molecule has 41 heavy (non-hydrogen) atoms. The largest absolute Gasteiger partial charge is 0.493 e. The van der Waals surface area contributed by atoms with Crippen LogP contribution in [-0.4, -0.2) is 41.1 Å². The molecule has 0 radical (unpaired) electrons. The number of allylic oxidation sites excluding steroid dienone is 1. The van der Waals surface area contributed by atoms with Crippen LogP contribution >= 0.6 is 23.4 Å². The van der Waals surface area contributed by atoms with E-state index in [-0.39, 0.29) is 5.97 Å². The van der Waals surface area contributed by atoms with Crippen molar-refractivity contribution < 1.29 is 19.0 Å². The number of ether oxygens (including phenoxy) is 3. The number of unbranched alkanes of at least 4 members (excludes halogenated alkanes) is 4. The van der Waals surface area contributed by atoms with Crippen molar-refractivity contribution in [2.75, 3.05) is 25.6 Å². The highest BCUT2D eigenvalue weighted by Gasteiger charge is 2.36. The summed E-state index contributed by atoms with van der Waals surface area (Å²) in [7, 11) is 1.62. The SMILES string of the molecule is CCCCCCOc1ccc(C2C(C(=O)OCCCC)=C(C)Nc3nc(SCc4ccccc4Cl)nn32)cc1OC. The standard InChI is InChI=1S/C31H39ClN4O4S/c1-5-7-9-12-18-39-25-16-15-22(19-26(25)38-4)28-27(29(37)40-17-8-6-2)21(3)33-30-34-31(35-36(28)30)41-20-23-13-10-11-14-24(23)32/h10-11,13-16,19,28H,5-9,12,17-18,20H2,1-4H3,(H,33,34,35). The number of anilines is 1. The van der Waals surface area contributed by atoms with Gasteiger partial charge in [-0.1, -0.05) is 87.2 Å². The van der Waals surface area contributed by atoms with Gasteiger partial charge in [-0.15, -0.1) is 5.10 Å². The zero-order valence-corrected chi connectivity index (χ0v) is 25.8. The minimum atomic E-state index is -0.560. The van der Waals surface area contributed by atoms with Gasteiger partial charge < -0.3 is 19.5 Å². The Bertz CT molecular complexity index is 1360. The quantitative estimate of drug-likeness (QED) is 0.108. The number of hydrogen-bond donors (Lipinski definition) is 1. The molecule has 0 amide bonds. The van der Waals surface area contributed by atoms with Crippen molar-refractivity contribution >= 4 is 35.3 Å². The number of carbonyl (C=O) groups is 1. The number of fused-ring (bicyclic) bond motifs is 1. The molecule has 2 aromatic carbocycles. The summed E-state index contributed by atoms with van der Waals surface area (Å²) < 4.78 is 19.2. The summed E-state index contributed by atoms with van der Waals surface area (Å²) in [6, 6.07) is 12.9. The number of hydrogen-bond acceptors (Lipinski definition) is 8. The summed E-state index contributed by atoms with van der Waals surface area (Å²) in [5, 5.41) is 9.37. The summed E-state index contributed by atoms with van der Waals surface area (Å²) in [5.41, 5.74) is 2.98. The number of nitrogens with zero attached hydrogens (tertiary/aromatic N) is 3. The van der Waals surface area contributed by atoms with Crippen LogP contribution in [-0.2, 0) is 15.3 Å². The van der Waals surface area contributed by atoms with E-state index < -0.39 is 6.04 Å². The first-order valence-electron chi connectivity index (χ1n) is 14.2. The Morgan fingerprint density at radius 3 is 2.61 bits per heavy atom. The minimum absolute atomic E-state index is 0.357. The van der Waals surface area contributed by atoms with Crippen molar-refractivity contribution in [3.8, 4) is 11.5 Å². The van der Waals surface area contributed by atoms with Gasteiger partial charge in [0.1, 0.15) is 6.04 Å². The Labute approximate surface area is 251 Å². The first kappa shape index (κ1) is 30.8. The van der Waals surface area contributed by atoms with Gasteiger partial charge in [-0.3, -0.25) is 0 Å². The van der Waals surface area contributed by atoms with Crippen molar-refractivity contribution in [3.63, 3.8) is 0 Å². The second-order valence-electron chi connectivity index (χ2n) is 9.92. The molecule has 4 rings (SSSR count). The van der Waals surface area contributed by atoms with Crippen LogP contribution in [0.25, 0.3) is 0 Å². The number of nitrogens with one attached hydrogen (secondary N) is 1. The Morgan fingerprint density at radius 2 is 1.85 bits per heavy atom. The van der Waals surface area contributed by atoms with E-state index in [1.165, 1.54) is 24.6 Å². The summed E-state index contributed by atoms with van der Waals surface area (Å²) in [6.07, 6.45) is 6.21. The predicted molar refractivity (Wildman–Crippen MR) is 164 cm³/mol. The molecular weight excluding hydrogens is 560 g/mol. The molecule has 220 valence electrons. The molecule has 0 saturated carbocycles. The molecular formula is C31H39ClN4O4S. The monoisotopic (exact) mass is 598 g/mol. The Kier molecular flexibility index (Phi) is 11.4. The third kappa shape index (κ3) is 7.77. The maximum Gasteiger partial charge on any atom is 0.338 e. The fraction of sp³-hybridized carbons (Fsp3) is 0.452. The number of methoxy groups -OCH3 is 1. The number of halogens is 1. The van der Waals surface area contributed by atoms with Gasteiger partial charge in [0, 0.05) is 16.5 Å². The molecule has 1 N–H and O–H groups in total. The van der Waals surface area contributed by atoms with Crippen LogP contribution in [0.3, 0.4) is 0 Å². The van der Waals surface area contributed by atoms with Crippen LogP contribution in [0.1, 0.15) is 76.5 Å². The highest BCUT2D eigenvalue weighted by molar-refractivity contribution is 7.98. The highest BCUT2D eigenvalue weighted by Crippen LogP contribution is 2.40. The molecule has 1 atom stereocenters. The zero-order valence-electron chi connectivity index (χ0n) is 24.2. The molecule has 1 aromatic heterocycles. The average molecular weight is 599 g/mol. The molecule has 1 unspecified atom stereocenters. The molecule has 10 heteroatoms. The van der Waals surface area contributed by atoms with E-state index in [0.29, 0.717) is 57.9 Å². The lowest BCUT2D eigenvalue weighted by Gasteiger charge is -2.28. The van der Waals surface area contributed by atoms with Gasteiger partial charge >= 0.3 is 5.97 Å². The summed E-state index contributed by atoms with van der Waals surface area (Å²) in [4.78, 5) is 18.2. The Hall–Kier alpha value is -3.17. The van der Waals surface area contributed by atoms with Crippen LogP contribution in [0.4, 0.5) is 5.95 Å². The molecule has 0 saturated heterocycles. The summed E-state index contributed by atoms with van der Waals surface area (Å²) in [5.74, 6) is 2.06. The van der Waals surface area contributed by atoms with Gasteiger partial charge in [0.05, 0.1) is 25.9 Å². The highest BCUT2D eigenvalue weighted by atomic mass is 35.5. The molecule has 0 spiro atoms. The molecule has 0 aliphatic carbocycles. The number of benzene rings is 2. The fourth-order valence-electron chi connectivity index (χ4n) is 4.59. The van der Waals surface area contributed by atoms with Crippen LogP contribution in [0.2, 0.25) is 5.02 Å². The second-order valence-corrected chi connectivity index (χ2v) is 11.3. The van der Waals surface area contributed by atoms with Crippen molar-refractivity contribution in [3.05, 3.63) is 69.9 Å². The third-order valence-corrected chi connectivity index (χ3v) is 8.11. The van der Waals surface area contributed by atoms with E-state index >= 15 is 0 Å². The van der Waals surface area contributed by atoms with E-state index in [4.69, 9.17) is 35.9 Å². The predicted octanol–water partition coefficient (Wildman–Crippen LogP) is 7.82. The second kappa shape index (κ2) is 15.2. The van der Waals surface area contributed by atoms with E-state index in [0.717, 1.165) is 36.8 Å². The van der Waals surface area contributed by atoms with Crippen molar-refractivity contribution in [1.29, 1.82) is 0 Å². The molecule has 0 fully saturated rings. The van der Waals surface area contributed by atoms with E-state index in [1.807, 2.05) is 49.4 Å². The van der Waals surface area contributed by atoms with Gasteiger partial charge in [0.2, 0.25) is 11.1 Å². The van der Waals surface area contributed by atoms with Crippen molar-refractivity contribution in [2.45, 2.75) is 76.2 Å². The van der Waals surface area contributed by atoms with Gasteiger partial charge in [-0.05, 0) is 49.1 Å². The first-order valence-corrected chi connectivity index (χ1v) is 15.6. The summed E-state index contributed by atoms with van der Waals surface area (Å²) in [6.45, 7) is 7.09. The smallest absolute Gasteiger partial charge is 0.338 e. The van der Waals surface area contributed by atoms with Gasteiger partial charge in [0.15, 0.2) is 11.5 Å². The minimum Gasteiger partial charge on any atom is -0.493 e. The van der Waals surface area contributed by atoms with Crippen molar-refractivity contribution in [2.24, 2.45) is 0 Å². The number of esters is 1. The van der Waals surface area contributed by atoms with Crippen LogP contribution in [0.5, 0.6) is 11.5 Å². The Balaban J connectivity index is 1.65. The molecule has 3 aromatic rings. The molecule has 0 bridgehead atoms. The number of aromatic nitrogens is 3. The number of thioether (sulfide) groups is 1. The maximum atomic E-state index is 13.4. The van der Waals surface area contributed by atoms with Crippen molar-refractivity contribution in [1.82, 2.24) is 14.8 Å². The molecule has 8 nitrogen and oxygen atoms in total. The van der Waals surface area contributed by atoms with Crippen LogP contribution in [0, 0.1) is 0 Å². The lowest BCUT2D eigenvalue weighted by atomic mass is 9.95. The van der Waals surface area contributed by atoms with Crippen LogP contribution in [0.15, 0.2) is 58.9 Å². The lowest BCUT2D eigenvalue weighted by molar-refractivity contribution is -0.139. The van der Waals surface area contributed by atoms with Gasteiger partial charge in [0.25, 0.3) is 0 Å². The number of rotatable bonds is 15. The van der Waals surface area contributed by atoms with Gasteiger partial charge in [-0.25, -0.2) is 9.48 Å². The summed E-state index contributed by atoms with van der Waals surface area (Å²) >= 11 is 7.85. The first-order chi connectivity index (χ1) is 20.0. The van der Waals surface area contributed by atoms with E-state index in [1.54, 1.807) is 11.8 Å². The average Bonchev–Trinajstić information content (AvgIpc) is 3.38. The third-order valence-electron chi connectivity index (χ3n) is 6.86. The van der Waals surface area contributed by atoms with Crippen LogP contribution < -0.4 is 14.8 Å². The van der Waals surface area contributed by atoms with E-state index in [2.05, 4.69) is 19.2 Å². The molecule has 1 aliphatic heterocycles. The Morgan fingerprint density at radius 1 is 1.05 bits per heavy atom. The maximum absolute atomic E-state index is 13.4. The topological polar surface area (TPSA) is 87.5 Å². The molecule has 1 aliphatic rings. The van der Waals surface area contributed by atoms with Gasteiger partial charge in [-0.2, -0.15) is 4.98 Å². The zero-order chi connectivity index (χ0) is 29.2. The normalized spacial score (nSPS) is 14.4. The van der Waals surface area contributed by atoms with E-state index in [9.17, 15) is 4.79 Å².